The SMILES string of the molecule is CC.CCOC(=O)c1nn(C)c2c1CCCCC2=O. The molecule has 2 rings (SSSR count). The second-order valence-electron chi connectivity index (χ2n) is 4.15. The number of fused-ring (bicyclic) bond motifs is 1. The van der Waals surface area contributed by atoms with Crippen LogP contribution in [0.25, 0.3) is 0 Å². The van der Waals surface area contributed by atoms with Crippen molar-refractivity contribution in [3.05, 3.63) is 17.0 Å². The largest absolute Gasteiger partial charge is 0.461 e. The summed E-state index contributed by atoms with van der Waals surface area (Å²) in [7, 11) is 1.70. The molecule has 0 unspecified atom stereocenters. The highest BCUT2D eigenvalue weighted by Gasteiger charge is 2.27. The molecule has 1 aliphatic rings. The maximum atomic E-state index is 11.9. The van der Waals surface area contributed by atoms with Gasteiger partial charge in [-0.25, -0.2) is 4.79 Å². The van der Waals surface area contributed by atoms with E-state index in [1.807, 2.05) is 13.8 Å². The van der Waals surface area contributed by atoms with E-state index in [0.717, 1.165) is 24.8 Å². The molecule has 1 aliphatic carbocycles. The Morgan fingerprint density at radius 1 is 1.32 bits per heavy atom. The fraction of sp³-hybridized carbons (Fsp3) is 0.643. The predicted octanol–water partition coefficient (Wildman–Crippen LogP) is 2.53. The molecule has 0 saturated carbocycles. The van der Waals surface area contributed by atoms with E-state index < -0.39 is 5.97 Å². The first-order valence-electron chi connectivity index (χ1n) is 6.91. The van der Waals surface area contributed by atoms with Crippen LogP contribution < -0.4 is 0 Å². The number of rotatable bonds is 2. The summed E-state index contributed by atoms with van der Waals surface area (Å²) in [5, 5.41) is 4.12. The summed E-state index contributed by atoms with van der Waals surface area (Å²) in [6, 6.07) is 0. The molecule has 0 fully saturated rings. The van der Waals surface area contributed by atoms with E-state index in [9.17, 15) is 9.59 Å². The predicted molar refractivity (Wildman–Crippen MR) is 72.4 cm³/mol. The molecule has 0 aliphatic heterocycles. The van der Waals surface area contributed by atoms with Gasteiger partial charge in [0, 0.05) is 19.0 Å². The summed E-state index contributed by atoms with van der Waals surface area (Å²) >= 11 is 0. The van der Waals surface area contributed by atoms with Crippen LogP contribution in [0.1, 0.15) is 66.6 Å². The Balaban J connectivity index is 0.000000861. The van der Waals surface area contributed by atoms with Gasteiger partial charge in [-0.15, -0.1) is 0 Å². The van der Waals surface area contributed by atoms with Crippen molar-refractivity contribution >= 4 is 11.8 Å². The molecule has 1 aromatic heterocycles. The molecular weight excluding hydrogens is 244 g/mol. The molecule has 1 aromatic rings. The lowest BCUT2D eigenvalue weighted by molar-refractivity contribution is 0.0517. The van der Waals surface area contributed by atoms with E-state index in [1.54, 1.807) is 14.0 Å². The minimum absolute atomic E-state index is 0.0723. The fourth-order valence-corrected chi connectivity index (χ4v) is 2.22. The van der Waals surface area contributed by atoms with Crippen LogP contribution >= 0.6 is 0 Å². The quantitative estimate of drug-likeness (QED) is 0.609. The van der Waals surface area contributed by atoms with Crippen molar-refractivity contribution in [3.63, 3.8) is 0 Å². The highest BCUT2D eigenvalue weighted by atomic mass is 16.5. The number of hydrogen-bond acceptors (Lipinski definition) is 4. The molecule has 0 N–H and O–H groups in total. The van der Waals surface area contributed by atoms with Crippen LogP contribution in [0.15, 0.2) is 0 Å². The Labute approximate surface area is 113 Å². The number of ketones is 1. The van der Waals surface area contributed by atoms with Crippen LogP contribution in [0.3, 0.4) is 0 Å². The van der Waals surface area contributed by atoms with Crippen molar-refractivity contribution in [2.45, 2.75) is 46.5 Å². The zero-order valence-electron chi connectivity index (χ0n) is 12.2. The topological polar surface area (TPSA) is 61.2 Å². The van der Waals surface area contributed by atoms with Crippen LogP contribution in [-0.4, -0.2) is 28.1 Å². The molecule has 0 spiro atoms. The number of aryl methyl sites for hydroxylation is 1. The minimum atomic E-state index is -0.431. The number of ether oxygens (including phenoxy) is 1. The molecule has 0 amide bonds. The normalized spacial score (nSPS) is 14.0. The molecule has 106 valence electrons. The molecule has 1 heterocycles. The maximum Gasteiger partial charge on any atom is 0.359 e. The standard InChI is InChI=1S/C12H16N2O3.C2H6/c1-3-17-12(16)10-8-6-4-5-7-9(15)11(8)14(2)13-10;1-2/h3-7H2,1-2H3;1-2H3. The number of esters is 1. The van der Waals surface area contributed by atoms with Gasteiger partial charge < -0.3 is 4.74 Å². The number of hydrogen-bond donors (Lipinski definition) is 0. The van der Waals surface area contributed by atoms with E-state index in [-0.39, 0.29) is 5.78 Å². The van der Waals surface area contributed by atoms with E-state index in [4.69, 9.17) is 4.74 Å². The van der Waals surface area contributed by atoms with Crippen molar-refractivity contribution in [2.24, 2.45) is 7.05 Å². The van der Waals surface area contributed by atoms with Gasteiger partial charge in [0.1, 0.15) is 5.69 Å². The molecule has 0 radical (unpaired) electrons. The third-order valence-corrected chi connectivity index (χ3v) is 2.96. The van der Waals surface area contributed by atoms with Gasteiger partial charge in [0.25, 0.3) is 0 Å². The highest BCUT2D eigenvalue weighted by Crippen LogP contribution is 2.23. The monoisotopic (exact) mass is 266 g/mol. The molecule has 0 bridgehead atoms. The summed E-state index contributed by atoms with van der Waals surface area (Å²) in [6.45, 7) is 6.07. The van der Waals surface area contributed by atoms with Crippen molar-refractivity contribution in [1.82, 2.24) is 9.78 Å². The first-order chi connectivity index (χ1) is 9.15. The summed E-state index contributed by atoms with van der Waals surface area (Å²) in [4.78, 5) is 23.6. The average Bonchev–Trinajstić information content (AvgIpc) is 2.61. The first-order valence-corrected chi connectivity index (χ1v) is 6.91. The lowest BCUT2D eigenvalue weighted by atomic mass is 10.1. The van der Waals surface area contributed by atoms with Gasteiger partial charge in [-0.05, 0) is 26.2 Å². The van der Waals surface area contributed by atoms with E-state index >= 15 is 0 Å². The third kappa shape index (κ3) is 3.22. The van der Waals surface area contributed by atoms with E-state index in [2.05, 4.69) is 5.10 Å². The second-order valence-corrected chi connectivity index (χ2v) is 4.15. The molecule has 0 saturated heterocycles. The van der Waals surface area contributed by atoms with Crippen LogP contribution in [0.2, 0.25) is 0 Å². The summed E-state index contributed by atoms with van der Waals surface area (Å²) in [6.07, 6.45) is 3.05. The van der Waals surface area contributed by atoms with Gasteiger partial charge in [-0.3, -0.25) is 9.48 Å². The van der Waals surface area contributed by atoms with Crippen LogP contribution in [0, 0.1) is 0 Å². The second kappa shape index (κ2) is 7.07. The fourth-order valence-electron chi connectivity index (χ4n) is 2.22. The summed E-state index contributed by atoms with van der Waals surface area (Å²) in [5.74, 6) is -0.359. The highest BCUT2D eigenvalue weighted by molar-refractivity contribution is 6.00. The van der Waals surface area contributed by atoms with Crippen molar-refractivity contribution in [1.29, 1.82) is 0 Å². The van der Waals surface area contributed by atoms with E-state index in [1.165, 1.54) is 4.68 Å². The van der Waals surface area contributed by atoms with Gasteiger partial charge in [0.05, 0.1) is 6.61 Å². The lowest BCUT2D eigenvalue weighted by Crippen LogP contribution is -2.08. The van der Waals surface area contributed by atoms with Crippen LogP contribution in [-0.2, 0) is 18.2 Å². The number of nitrogens with zero attached hydrogens (tertiary/aromatic N) is 2. The number of carbonyl (C=O) groups excluding carboxylic acids is 2. The molecule has 0 aromatic carbocycles. The smallest absolute Gasteiger partial charge is 0.359 e. The lowest BCUT2D eigenvalue weighted by Gasteiger charge is -2.01. The molecule has 0 atom stereocenters. The maximum absolute atomic E-state index is 11.9. The van der Waals surface area contributed by atoms with Gasteiger partial charge in [-0.2, -0.15) is 5.10 Å². The molecular formula is C14H22N2O3. The Kier molecular flexibility index (Phi) is 5.73. The van der Waals surface area contributed by atoms with Crippen LogP contribution in [0.4, 0.5) is 0 Å². The van der Waals surface area contributed by atoms with Gasteiger partial charge >= 0.3 is 5.97 Å². The Morgan fingerprint density at radius 2 is 1.95 bits per heavy atom. The van der Waals surface area contributed by atoms with E-state index in [0.29, 0.717) is 24.4 Å². The third-order valence-electron chi connectivity index (χ3n) is 2.96. The Hall–Kier alpha value is -1.65. The van der Waals surface area contributed by atoms with Crippen molar-refractivity contribution in [2.75, 3.05) is 6.61 Å². The number of Topliss-reactive ketones (excluding diaryl/α,β-unsaturated/α-hetero) is 1. The average molecular weight is 266 g/mol. The van der Waals surface area contributed by atoms with Crippen molar-refractivity contribution in [3.8, 4) is 0 Å². The summed E-state index contributed by atoms with van der Waals surface area (Å²) in [5.41, 5.74) is 1.64. The molecule has 5 nitrogen and oxygen atoms in total. The molecule has 19 heavy (non-hydrogen) atoms. The Bertz CT molecular complexity index is 464. The van der Waals surface area contributed by atoms with Gasteiger partial charge in [0.15, 0.2) is 11.5 Å². The Morgan fingerprint density at radius 3 is 2.58 bits per heavy atom. The zero-order valence-corrected chi connectivity index (χ0v) is 12.2. The summed E-state index contributed by atoms with van der Waals surface area (Å²) < 4.78 is 6.47. The molecule has 5 heteroatoms. The zero-order chi connectivity index (χ0) is 14.4. The minimum Gasteiger partial charge on any atom is -0.461 e. The van der Waals surface area contributed by atoms with Crippen LogP contribution in [0.5, 0.6) is 0 Å². The van der Waals surface area contributed by atoms with Crippen molar-refractivity contribution < 1.29 is 14.3 Å². The number of aromatic nitrogens is 2. The first kappa shape index (κ1) is 15.4. The van der Waals surface area contributed by atoms with Gasteiger partial charge in [-0.1, -0.05) is 13.8 Å². The number of carbonyl (C=O) groups is 2. The van der Waals surface area contributed by atoms with Gasteiger partial charge in [0.2, 0.25) is 0 Å².